The number of nitrogens with one attached hydrogen (secondary N) is 1. The van der Waals surface area contributed by atoms with Crippen LogP contribution in [0.5, 0.6) is 0 Å². The van der Waals surface area contributed by atoms with Crippen molar-refractivity contribution >= 4 is 11.9 Å². The monoisotopic (exact) mass is 254 g/mol. The Bertz CT molecular complexity index is 430. The molecule has 1 aromatic heterocycles. The molecule has 0 saturated heterocycles. The third kappa shape index (κ3) is 3.54. The highest BCUT2D eigenvalue weighted by Gasteiger charge is 2.25. The summed E-state index contributed by atoms with van der Waals surface area (Å²) in [5, 5.41) is 19.1. The minimum absolute atomic E-state index is 0.257. The van der Waals surface area contributed by atoms with Crippen molar-refractivity contribution in [3.63, 3.8) is 0 Å². The van der Waals surface area contributed by atoms with Crippen LogP contribution in [0, 0.1) is 11.8 Å². The highest BCUT2D eigenvalue weighted by molar-refractivity contribution is 5.84. The van der Waals surface area contributed by atoms with E-state index in [1.54, 1.807) is 17.8 Å². The lowest BCUT2D eigenvalue weighted by atomic mass is 9.95. The molecule has 0 radical (unpaired) electrons. The van der Waals surface area contributed by atoms with Crippen LogP contribution in [-0.2, 0) is 23.1 Å². The van der Waals surface area contributed by atoms with Crippen LogP contribution in [0.1, 0.15) is 19.7 Å². The van der Waals surface area contributed by atoms with Crippen molar-refractivity contribution in [2.75, 3.05) is 6.54 Å². The van der Waals surface area contributed by atoms with Crippen molar-refractivity contribution in [1.29, 1.82) is 0 Å². The van der Waals surface area contributed by atoms with E-state index in [2.05, 4.69) is 15.5 Å². The second kappa shape index (κ2) is 6.13. The topological polar surface area (TPSA) is 97.1 Å². The van der Waals surface area contributed by atoms with E-state index in [1.807, 2.05) is 7.05 Å². The van der Waals surface area contributed by atoms with Gasteiger partial charge in [-0.3, -0.25) is 9.59 Å². The number of carboxylic acids is 1. The van der Waals surface area contributed by atoms with Gasteiger partial charge in [-0.1, -0.05) is 13.8 Å². The molecule has 100 valence electrons. The number of carbonyl (C=O) groups excluding carboxylic acids is 1. The lowest BCUT2D eigenvalue weighted by Gasteiger charge is -2.15. The predicted octanol–water partition coefficient (Wildman–Crippen LogP) is -0.169. The van der Waals surface area contributed by atoms with Crippen molar-refractivity contribution in [1.82, 2.24) is 20.1 Å². The number of hydrogen-bond acceptors (Lipinski definition) is 4. The molecule has 0 aromatic carbocycles. The van der Waals surface area contributed by atoms with Crippen LogP contribution in [0.2, 0.25) is 0 Å². The fourth-order valence-electron chi connectivity index (χ4n) is 1.43. The first-order valence-electron chi connectivity index (χ1n) is 5.77. The summed E-state index contributed by atoms with van der Waals surface area (Å²) >= 11 is 0. The third-order valence-electron chi connectivity index (χ3n) is 3.01. The fraction of sp³-hybridized carbons (Fsp3) is 0.636. The molecule has 0 spiro atoms. The Morgan fingerprint density at radius 1 is 1.44 bits per heavy atom. The SMILES string of the molecule is CC(C(=O)O)C(C)C(=O)NCCc1nncn1C. The van der Waals surface area contributed by atoms with Crippen LogP contribution < -0.4 is 5.32 Å². The molecule has 0 fully saturated rings. The van der Waals surface area contributed by atoms with Gasteiger partial charge in [-0.05, 0) is 0 Å². The average Bonchev–Trinajstić information content (AvgIpc) is 2.73. The van der Waals surface area contributed by atoms with E-state index in [0.717, 1.165) is 5.82 Å². The van der Waals surface area contributed by atoms with E-state index in [-0.39, 0.29) is 5.91 Å². The van der Waals surface area contributed by atoms with Crippen LogP contribution in [-0.4, -0.2) is 38.3 Å². The normalized spacial score (nSPS) is 13.9. The van der Waals surface area contributed by atoms with Gasteiger partial charge in [-0.15, -0.1) is 10.2 Å². The first kappa shape index (κ1) is 14.1. The molecule has 0 saturated carbocycles. The second-order valence-corrected chi connectivity index (χ2v) is 4.31. The number of rotatable bonds is 6. The summed E-state index contributed by atoms with van der Waals surface area (Å²) in [7, 11) is 1.83. The van der Waals surface area contributed by atoms with Crippen LogP contribution >= 0.6 is 0 Å². The molecule has 2 unspecified atom stereocenters. The molecule has 7 heteroatoms. The maximum absolute atomic E-state index is 11.7. The number of carboxylic acid groups (broad SMARTS) is 1. The quantitative estimate of drug-likeness (QED) is 0.734. The zero-order chi connectivity index (χ0) is 13.7. The van der Waals surface area contributed by atoms with Gasteiger partial charge in [0.25, 0.3) is 0 Å². The molecule has 2 N–H and O–H groups in total. The smallest absolute Gasteiger partial charge is 0.307 e. The number of amides is 1. The van der Waals surface area contributed by atoms with Crippen molar-refractivity contribution in [3.8, 4) is 0 Å². The van der Waals surface area contributed by atoms with Crippen molar-refractivity contribution in [2.24, 2.45) is 18.9 Å². The van der Waals surface area contributed by atoms with Crippen LogP contribution in [0.3, 0.4) is 0 Å². The lowest BCUT2D eigenvalue weighted by Crippen LogP contribution is -2.36. The van der Waals surface area contributed by atoms with Gasteiger partial charge in [0.1, 0.15) is 12.2 Å². The van der Waals surface area contributed by atoms with Gasteiger partial charge in [0, 0.05) is 25.9 Å². The molecule has 7 nitrogen and oxygen atoms in total. The summed E-state index contributed by atoms with van der Waals surface area (Å²) in [5.74, 6) is -1.70. The molecule has 1 heterocycles. The molecular weight excluding hydrogens is 236 g/mol. The van der Waals surface area contributed by atoms with E-state index in [9.17, 15) is 9.59 Å². The van der Waals surface area contributed by atoms with Gasteiger partial charge < -0.3 is 15.0 Å². The van der Waals surface area contributed by atoms with Crippen LogP contribution in [0.15, 0.2) is 6.33 Å². The molecule has 0 aliphatic heterocycles. The Hall–Kier alpha value is -1.92. The molecule has 1 amide bonds. The summed E-state index contributed by atoms with van der Waals surface area (Å²) in [6.45, 7) is 3.55. The van der Waals surface area contributed by atoms with Crippen LogP contribution in [0.25, 0.3) is 0 Å². The predicted molar refractivity (Wildman–Crippen MR) is 63.7 cm³/mol. The number of carbonyl (C=O) groups is 2. The minimum atomic E-state index is -0.967. The Morgan fingerprint density at radius 3 is 2.61 bits per heavy atom. The second-order valence-electron chi connectivity index (χ2n) is 4.31. The van der Waals surface area contributed by atoms with Gasteiger partial charge in [-0.25, -0.2) is 0 Å². The lowest BCUT2D eigenvalue weighted by molar-refractivity contribution is -0.146. The summed E-state index contributed by atoms with van der Waals surface area (Å²) in [6.07, 6.45) is 2.16. The minimum Gasteiger partial charge on any atom is -0.481 e. The van der Waals surface area contributed by atoms with Crippen molar-refractivity contribution in [2.45, 2.75) is 20.3 Å². The molecule has 1 aromatic rings. The van der Waals surface area contributed by atoms with Gasteiger partial charge >= 0.3 is 5.97 Å². The molecule has 0 bridgehead atoms. The number of aromatic nitrogens is 3. The molecular formula is C11H18N4O3. The van der Waals surface area contributed by atoms with Gasteiger partial charge in [-0.2, -0.15) is 0 Å². The van der Waals surface area contributed by atoms with E-state index in [1.165, 1.54) is 6.92 Å². The van der Waals surface area contributed by atoms with E-state index >= 15 is 0 Å². The molecule has 18 heavy (non-hydrogen) atoms. The fourth-order valence-corrected chi connectivity index (χ4v) is 1.43. The molecule has 2 atom stereocenters. The number of nitrogens with zero attached hydrogens (tertiary/aromatic N) is 3. The van der Waals surface area contributed by atoms with Gasteiger partial charge in [0.05, 0.1) is 5.92 Å². The first-order valence-corrected chi connectivity index (χ1v) is 5.77. The van der Waals surface area contributed by atoms with E-state index in [4.69, 9.17) is 5.11 Å². The third-order valence-corrected chi connectivity index (χ3v) is 3.01. The molecule has 0 aliphatic carbocycles. The largest absolute Gasteiger partial charge is 0.481 e. The highest BCUT2D eigenvalue weighted by atomic mass is 16.4. The Labute approximate surface area is 105 Å². The average molecular weight is 254 g/mol. The molecule has 0 aliphatic rings. The van der Waals surface area contributed by atoms with Gasteiger partial charge in [0.2, 0.25) is 5.91 Å². The van der Waals surface area contributed by atoms with E-state index in [0.29, 0.717) is 13.0 Å². The van der Waals surface area contributed by atoms with Gasteiger partial charge in [0.15, 0.2) is 0 Å². The van der Waals surface area contributed by atoms with E-state index < -0.39 is 17.8 Å². The molecule has 1 rings (SSSR count). The summed E-state index contributed by atoms with van der Waals surface area (Å²) in [5.41, 5.74) is 0. The summed E-state index contributed by atoms with van der Waals surface area (Å²) in [4.78, 5) is 22.4. The standard InChI is InChI=1S/C11H18N4O3/c1-7(8(2)11(17)18)10(16)12-5-4-9-14-13-6-15(9)3/h6-8H,4-5H2,1-3H3,(H,12,16)(H,17,18). The van der Waals surface area contributed by atoms with Crippen molar-refractivity contribution < 1.29 is 14.7 Å². The maximum Gasteiger partial charge on any atom is 0.307 e. The number of aryl methyl sites for hydroxylation is 1. The summed E-state index contributed by atoms with van der Waals surface area (Å²) in [6, 6.07) is 0. The highest BCUT2D eigenvalue weighted by Crippen LogP contribution is 2.10. The zero-order valence-electron chi connectivity index (χ0n) is 10.8. The number of hydrogen-bond donors (Lipinski definition) is 2. The number of aliphatic carboxylic acids is 1. The summed E-state index contributed by atoms with van der Waals surface area (Å²) < 4.78 is 1.77. The zero-order valence-corrected chi connectivity index (χ0v) is 10.8. The Kier molecular flexibility index (Phi) is 4.82. The maximum atomic E-state index is 11.7. The first-order chi connectivity index (χ1) is 8.43. The van der Waals surface area contributed by atoms with Crippen LogP contribution in [0.4, 0.5) is 0 Å². The Morgan fingerprint density at radius 2 is 2.11 bits per heavy atom. The Balaban J connectivity index is 2.38. The van der Waals surface area contributed by atoms with Crippen molar-refractivity contribution in [3.05, 3.63) is 12.2 Å².